The highest BCUT2D eigenvalue weighted by Gasteiger charge is 2.37. The van der Waals surface area contributed by atoms with E-state index in [1.54, 1.807) is 12.1 Å². The van der Waals surface area contributed by atoms with E-state index in [9.17, 15) is 13.2 Å². The lowest BCUT2D eigenvalue weighted by atomic mass is 9.84. The van der Waals surface area contributed by atoms with Crippen molar-refractivity contribution >= 4 is 38.9 Å². The zero-order valence-electron chi connectivity index (χ0n) is 17.6. The molecule has 1 saturated carbocycles. The quantitative estimate of drug-likeness (QED) is 0.691. The highest BCUT2D eigenvalue weighted by atomic mass is 35.5. The predicted molar refractivity (Wildman–Crippen MR) is 120 cm³/mol. The van der Waals surface area contributed by atoms with Gasteiger partial charge in [-0.2, -0.15) is 0 Å². The minimum atomic E-state index is -3.90. The average molecular weight is 465 g/mol. The number of fused-ring (bicyclic) bond motifs is 1. The molecular weight excluding hydrogens is 440 g/mol. The molecule has 1 heterocycles. The molecule has 166 valence electrons. The molecule has 2 aliphatic rings. The number of benzene rings is 2. The summed E-state index contributed by atoms with van der Waals surface area (Å²) in [5.74, 6) is 0.899. The van der Waals surface area contributed by atoms with Gasteiger partial charge in [-0.15, -0.1) is 0 Å². The van der Waals surface area contributed by atoms with Crippen LogP contribution in [0.3, 0.4) is 0 Å². The number of rotatable bonds is 6. The molecule has 1 amide bonds. The first-order valence-electron chi connectivity index (χ1n) is 10.2. The van der Waals surface area contributed by atoms with E-state index >= 15 is 0 Å². The Hall–Kier alpha value is -2.45. The maximum absolute atomic E-state index is 13.1. The minimum absolute atomic E-state index is 0.00880. The lowest BCUT2D eigenvalue weighted by Gasteiger charge is -2.32. The third kappa shape index (κ3) is 3.94. The summed E-state index contributed by atoms with van der Waals surface area (Å²) in [5.41, 5.74) is 1.86. The number of carbonyl (C=O) groups excluding carboxylic acids is 1. The van der Waals surface area contributed by atoms with Crippen LogP contribution in [0.15, 0.2) is 35.2 Å². The molecule has 1 aliphatic heterocycles. The zero-order chi connectivity index (χ0) is 22.3. The van der Waals surface area contributed by atoms with Gasteiger partial charge in [0.25, 0.3) is 10.0 Å². The molecule has 0 spiro atoms. The minimum Gasteiger partial charge on any atom is -0.495 e. The van der Waals surface area contributed by atoms with E-state index in [4.69, 9.17) is 21.1 Å². The Morgan fingerprint density at radius 2 is 1.84 bits per heavy atom. The van der Waals surface area contributed by atoms with Crippen molar-refractivity contribution in [1.82, 2.24) is 0 Å². The highest BCUT2D eigenvalue weighted by Crippen LogP contribution is 2.40. The average Bonchev–Trinajstić information content (AvgIpc) is 3.01. The Balaban J connectivity index is 1.63. The Morgan fingerprint density at radius 3 is 2.45 bits per heavy atom. The van der Waals surface area contributed by atoms with Crippen LogP contribution in [0.5, 0.6) is 11.5 Å². The van der Waals surface area contributed by atoms with Crippen LogP contribution >= 0.6 is 11.6 Å². The SMILES string of the molecule is COc1cc(OC)c(NS(=O)(=O)c2ccc3c(c2)C[C@@H](C)N3C(=O)C2CCC2)cc1Cl. The number of hydrogen-bond donors (Lipinski definition) is 1. The molecule has 0 bridgehead atoms. The summed E-state index contributed by atoms with van der Waals surface area (Å²) in [6.07, 6.45) is 3.57. The number of sulfonamides is 1. The summed E-state index contributed by atoms with van der Waals surface area (Å²) >= 11 is 6.16. The van der Waals surface area contributed by atoms with E-state index in [2.05, 4.69) is 4.72 Å². The molecule has 2 aromatic rings. The second-order valence-electron chi connectivity index (χ2n) is 7.97. The Morgan fingerprint density at radius 1 is 1.13 bits per heavy atom. The predicted octanol–water partition coefficient (Wildman–Crippen LogP) is 4.24. The van der Waals surface area contributed by atoms with Crippen molar-refractivity contribution in [1.29, 1.82) is 0 Å². The van der Waals surface area contributed by atoms with Crippen molar-refractivity contribution in [2.24, 2.45) is 5.92 Å². The van der Waals surface area contributed by atoms with Crippen LogP contribution < -0.4 is 19.1 Å². The van der Waals surface area contributed by atoms with E-state index in [1.807, 2.05) is 11.8 Å². The van der Waals surface area contributed by atoms with Crippen LogP contribution in [0.4, 0.5) is 11.4 Å². The van der Waals surface area contributed by atoms with Gasteiger partial charge in [-0.1, -0.05) is 18.0 Å². The van der Waals surface area contributed by atoms with Crippen molar-refractivity contribution < 1.29 is 22.7 Å². The molecule has 1 aliphatic carbocycles. The molecule has 1 fully saturated rings. The van der Waals surface area contributed by atoms with Gasteiger partial charge in [-0.3, -0.25) is 9.52 Å². The zero-order valence-corrected chi connectivity index (χ0v) is 19.2. The molecule has 0 radical (unpaired) electrons. The Bertz CT molecular complexity index is 1130. The molecule has 1 atom stereocenters. The number of halogens is 1. The molecule has 4 rings (SSSR count). The van der Waals surface area contributed by atoms with Crippen LogP contribution in [0, 0.1) is 5.92 Å². The Kier molecular flexibility index (Phi) is 5.79. The van der Waals surface area contributed by atoms with Gasteiger partial charge in [0.15, 0.2) is 0 Å². The maximum atomic E-state index is 13.1. The number of carbonyl (C=O) groups is 1. The first-order chi connectivity index (χ1) is 14.7. The van der Waals surface area contributed by atoms with Crippen LogP contribution in [0.2, 0.25) is 5.02 Å². The fraction of sp³-hybridized carbons (Fsp3) is 0.409. The topological polar surface area (TPSA) is 84.9 Å². The van der Waals surface area contributed by atoms with Crippen LogP contribution in [-0.4, -0.2) is 34.6 Å². The molecule has 0 saturated heterocycles. The summed E-state index contributed by atoms with van der Waals surface area (Å²) in [6.45, 7) is 1.99. The van der Waals surface area contributed by atoms with Crippen molar-refractivity contribution in [3.05, 3.63) is 40.9 Å². The summed E-state index contributed by atoms with van der Waals surface area (Å²) < 4.78 is 39.1. The molecule has 9 heteroatoms. The number of anilines is 2. The fourth-order valence-electron chi connectivity index (χ4n) is 4.11. The van der Waals surface area contributed by atoms with E-state index in [1.165, 1.54) is 32.4 Å². The van der Waals surface area contributed by atoms with Gasteiger partial charge in [0.1, 0.15) is 11.5 Å². The third-order valence-corrected chi connectivity index (χ3v) is 7.65. The van der Waals surface area contributed by atoms with Crippen LogP contribution in [0.25, 0.3) is 0 Å². The van der Waals surface area contributed by atoms with E-state index in [-0.39, 0.29) is 39.2 Å². The largest absolute Gasteiger partial charge is 0.495 e. The van der Waals surface area contributed by atoms with E-state index in [0.717, 1.165) is 30.5 Å². The molecule has 0 aromatic heterocycles. The van der Waals surface area contributed by atoms with Crippen molar-refractivity contribution in [3.63, 3.8) is 0 Å². The van der Waals surface area contributed by atoms with Gasteiger partial charge in [-0.05, 0) is 56.0 Å². The maximum Gasteiger partial charge on any atom is 0.262 e. The van der Waals surface area contributed by atoms with Crippen molar-refractivity contribution in [2.45, 2.75) is 43.5 Å². The monoisotopic (exact) mass is 464 g/mol. The lowest BCUT2D eigenvalue weighted by molar-refractivity contribution is -0.125. The first kappa shape index (κ1) is 21.8. The fourth-order valence-corrected chi connectivity index (χ4v) is 5.46. The summed E-state index contributed by atoms with van der Waals surface area (Å²) in [5, 5.41) is 0.258. The van der Waals surface area contributed by atoms with Crippen molar-refractivity contribution in [3.8, 4) is 11.5 Å². The number of nitrogens with zero attached hydrogens (tertiary/aromatic N) is 1. The molecule has 0 unspecified atom stereocenters. The molecule has 2 aromatic carbocycles. The molecular formula is C22H25ClN2O5S. The van der Waals surface area contributed by atoms with Gasteiger partial charge >= 0.3 is 0 Å². The number of methoxy groups -OCH3 is 2. The second-order valence-corrected chi connectivity index (χ2v) is 10.1. The molecule has 31 heavy (non-hydrogen) atoms. The van der Waals surface area contributed by atoms with Gasteiger partial charge < -0.3 is 14.4 Å². The van der Waals surface area contributed by atoms with E-state index in [0.29, 0.717) is 12.2 Å². The number of nitrogens with one attached hydrogen (secondary N) is 1. The molecule has 7 nitrogen and oxygen atoms in total. The van der Waals surface area contributed by atoms with Crippen molar-refractivity contribution in [2.75, 3.05) is 23.8 Å². The standard InChI is InChI=1S/C22H25ClN2O5S/c1-13-9-15-10-16(7-8-19(15)25(13)22(26)14-5-4-6-14)31(27,28)24-18-11-17(23)20(29-2)12-21(18)30-3/h7-8,10-14,24H,4-6,9H2,1-3H3/t13-/m1/s1. The summed E-state index contributed by atoms with van der Waals surface area (Å²) in [6, 6.07) is 7.87. The number of ether oxygens (including phenoxy) is 2. The Labute approximate surface area is 187 Å². The summed E-state index contributed by atoms with van der Waals surface area (Å²) in [7, 11) is -0.999. The van der Waals surface area contributed by atoms with Crippen LogP contribution in [-0.2, 0) is 21.2 Å². The highest BCUT2D eigenvalue weighted by molar-refractivity contribution is 7.92. The van der Waals surface area contributed by atoms with E-state index < -0.39 is 10.0 Å². The van der Waals surface area contributed by atoms with Gasteiger partial charge in [0.05, 0.1) is 29.8 Å². The number of amides is 1. The van der Waals surface area contributed by atoms with Gasteiger partial charge in [0, 0.05) is 23.7 Å². The lowest BCUT2D eigenvalue weighted by Crippen LogP contribution is -2.42. The summed E-state index contributed by atoms with van der Waals surface area (Å²) in [4.78, 5) is 14.8. The normalized spacial score (nSPS) is 18.3. The van der Waals surface area contributed by atoms with Gasteiger partial charge in [-0.25, -0.2) is 8.42 Å². The smallest absolute Gasteiger partial charge is 0.262 e. The number of hydrogen-bond acceptors (Lipinski definition) is 5. The third-order valence-electron chi connectivity index (χ3n) is 5.99. The first-order valence-corrected chi connectivity index (χ1v) is 12.0. The van der Waals surface area contributed by atoms with Crippen LogP contribution in [0.1, 0.15) is 31.7 Å². The van der Waals surface area contributed by atoms with Gasteiger partial charge in [0.2, 0.25) is 5.91 Å². The molecule has 1 N–H and O–H groups in total. The second kappa shape index (κ2) is 8.24.